The molecule has 5 nitrogen and oxygen atoms in total. The molecule has 0 heterocycles. The molecule has 0 amide bonds. The first-order valence-electron chi connectivity index (χ1n) is 8.04. The Morgan fingerprint density at radius 2 is 1.33 bits per heavy atom. The predicted octanol–water partition coefficient (Wildman–Crippen LogP) is 2.54. The highest BCUT2D eigenvalue weighted by atomic mass is 16.6. The van der Waals surface area contributed by atoms with Crippen LogP contribution in [-0.4, -0.2) is 50.9 Å². The zero-order valence-electron chi connectivity index (χ0n) is 13.7. The number of para-hydroxylation sites is 2. The minimum atomic E-state index is -0.242. The van der Waals surface area contributed by atoms with Crippen LogP contribution in [0.15, 0.2) is 60.7 Å². The summed E-state index contributed by atoms with van der Waals surface area (Å²) in [5.74, 6) is 1.60. The molecule has 0 saturated carbocycles. The molecule has 0 spiro atoms. The SMILES string of the molecule is OCCOC(COCCOc1ccccc1)COc1ccccc1. The van der Waals surface area contributed by atoms with Crippen LogP contribution < -0.4 is 9.47 Å². The second-order valence-electron chi connectivity index (χ2n) is 5.08. The molecule has 24 heavy (non-hydrogen) atoms. The Kier molecular flexibility index (Phi) is 8.72. The summed E-state index contributed by atoms with van der Waals surface area (Å²) < 4.78 is 22.4. The molecule has 1 N–H and O–H groups in total. The Morgan fingerprint density at radius 3 is 1.96 bits per heavy atom. The van der Waals surface area contributed by atoms with Crippen molar-refractivity contribution in [2.45, 2.75) is 6.10 Å². The van der Waals surface area contributed by atoms with E-state index in [1.807, 2.05) is 60.7 Å². The highest BCUT2D eigenvalue weighted by Gasteiger charge is 2.11. The second-order valence-corrected chi connectivity index (χ2v) is 5.08. The largest absolute Gasteiger partial charge is 0.491 e. The maximum Gasteiger partial charge on any atom is 0.119 e. The smallest absolute Gasteiger partial charge is 0.119 e. The van der Waals surface area contributed by atoms with Crippen molar-refractivity contribution in [1.82, 2.24) is 0 Å². The molecule has 0 radical (unpaired) electrons. The van der Waals surface area contributed by atoms with E-state index in [0.717, 1.165) is 11.5 Å². The monoisotopic (exact) mass is 332 g/mol. The fourth-order valence-corrected chi connectivity index (χ4v) is 2.02. The normalized spacial score (nSPS) is 11.9. The highest BCUT2D eigenvalue weighted by molar-refractivity contribution is 5.21. The maximum atomic E-state index is 8.91. The number of ether oxygens (including phenoxy) is 4. The van der Waals surface area contributed by atoms with Crippen molar-refractivity contribution < 1.29 is 24.1 Å². The lowest BCUT2D eigenvalue weighted by atomic mass is 10.3. The number of benzene rings is 2. The number of aliphatic hydroxyl groups is 1. The third-order valence-corrected chi connectivity index (χ3v) is 3.17. The predicted molar refractivity (Wildman–Crippen MR) is 91.5 cm³/mol. The summed E-state index contributed by atoms with van der Waals surface area (Å²) in [6, 6.07) is 19.1. The van der Waals surface area contributed by atoms with Gasteiger partial charge in [-0.25, -0.2) is 0 Å². The van der Waals surface area contributed by atoms with Crippen molar-refractivity contribution in [2.24, 2.45) is 0 Å². The van der Waals surface area contributed by atoms with E-state index in [1.54, 1.807) is 0 Å². The van der Waals surface area contributed by atoms with Crippen molar-refractivity contribution in [2.75, 3.05) is 39.6 Å². The zero-order valence-corrected chi connectivity index (χ0v) is 13.7. The zero-order chi connectivity index (χ0) is 16.9. The van der Waals surface area contributed by atoms with Crippen LogP contribution in [0.1, 0.15) is 0 Å². The van der Waals surface area contributed by atoms with Crippen LogP contribution in [0.2, 0.25) is 0 Å². The van der Waals surface area contributed by atoms with E-state index < -0.39 is 0 Å². The van der Waals surface area contributed by atoms with Gasteiger partial charge in [0, 0.05) is 0 Å². The fourth-order valence-electron chi connectivity index (χ4n) is 2.02. The van der Waals surface area contributed by atoms with Gasteiger partial charge in [0.2, 0.25) is 0 Å². The topological polar surface area (TPSA) is 57.2 Å². The molecular weight excluding hydrogens is 308 g/mol. The molecule has 2 aromatic rings. The molecule has 0 aromatic heterocycles. The van der Waals surface area contributed by atoms with Crippen LogP contribution in [0.3, 0.4) is 0 Å². The summed E-state index contributed by atoms with van der Waals surface area (Å²) in [6.45, 7) is 1.90. The molecule has 1 atom stereocenters. The van der Waals surface area contributed by atoms with E-state index >= 15 is 0 Å². The molecule has 0 fully saturated rings. The van der Waals surface area contributed by atoms with Gasteiger partial charge < -0.3 is 24.1 Å². The van der Waals surface area contributed by atoms with E-state index in [-0.39, 0.29) is 19.3 Å². The van der Waals surface area contributed by atoms with Gasteiger partial charge in [0.25, 0.3) is 0 Å². The van der Waals surface area contributed by atoms with Gasteiger partial charge in [-0.1, -0.05) is 36.4 Å². The lowest BCUT2D eigenvalue weighted by molar-refractivity contribution is -0.0498. The lowest BCUT2D eigenvalue weighted by Gasteiger charge is -2.18. The Balaban J connectivity index is 1.64. The summed E-state index contributed by atoms with van der Waals surface area (Å²) in [5.41, 5.74) is 0. The number of hydrogen-bond acceptors (Lipinski definition) is 5. The highest BCUT2D eigenvalue weighted by Crippen LogP contribution is 2.10. The van der Waals surface area contributed by atoms with E-state index in [0.29, 0.717) is 26.4 Å². The minimum Gasteiger partial charge on any atom is -0.491 e. The van der Waals surface area contributed by atoms with E-state index in [2.05, 4.69) is 0 Å². The molecule has 0 aliphatic carbocycles. The summed E-state index contributed by atoms with van der Waals surface area (Å²) in [5, 5.41) is 8.91. The lowest BCUT2D eigenvalue weighted by Crippen LogP contribution is -2.29. The van der Waals surface area contributed by atoms with Crippen molar-refractivity contribution in [3.8, 4) is 11.5 Å². The molecule has 130 valence electrons. The average molecular weight is 332 g/mol. The molecule has 2 aromatic carbocycles. The molecule has 2 rings (SSSR count). The molecule has 1 unspecified atom stereocenters. The molecule has 5 heteroatoms. The molecular formula is C19H24O5. The summed E-state index contributed by atoms with van der Waals surface area (Å²) >= 11 is 0. The summed E-state index contributed by atoms with van der Waals surface area (Å²) in [4.78, 5) is 0. The maximum absolute atomic E-state index is 8.91. The standard InChI is InChI=1S/C19H24O5/c20-11-12-22-19(16-24-18-9-5-2-6-10-18)15-21-13-14-23-17-7-3-1-4-8-17/h1-10,19-20H,11-16H2. The summed E-state index contributed by atoms with van der Waals surface area (Å²) in [7, 11) is 0. The van der Waals surface area contributed by atoms with Gasteiger partial charge in [-0.2, -0.15) is 0 Å². The Morgan fingerprint density at radius 1 is 0.708 bits per heavy atom. The van der Waals surface area contributed by atoms with Crippen LogP contribution >= 0.6 is 0 Å². The van der Waals surface area contributed by atoms with E-state index in [4.69, 9.17) is 24.1 Å². The van der Waals surface area contributed by atoms with Crippen LogP contribution in [-0.2, 0) is 9.47 Å². The molecule has 0 aliphatic rings. The third kappa shape index (κ3) is 7.46. The van der Waals surface area contributed by atoms with Crippen LogP contribution in [0.4, 0.5) is 0 Å². The quantitative estimate of drug-likeness (QED) is 0.605. The number of rotatable bonds is 12. The van der Waals surface area contributed by atoms with Crippen molar-refractivity contribution >= 4 is 0 Å². The van der Waals surface area contributed by atoms with Crippen molar-refractivity contribution in [1.29, 1.82) is 0 Å². The average Bonchev–Trinajstić information content (AvgIpc) is 2.64. The second kappa shape index (κ2) is 11.5. The minimum absolute atomic E-state index is 0.0288. The Labute approximate surface area is 142 Å². The van der Waals surface area contributed by atoms with Gasteiger partial charge in [-0.3, -0.25) is 0 Å². The molecule has 0 aliphatic heterocycles. The first kappa shape index (κ1) is 18.3. The Hall–Kier alpha value is -2.08. The van der Waals surface area contributed by atoms with Gasteiger partial charge in [0.05, 0.1) is 26.4 Å². The van der Waals surface area contributed by atoms with E-state index in [1.165, 1.54) is 0 Å². The summed E-state index contributed by atoms with van der Waals surface area (Å²) in [6.07, 6.45) is -0.242. The van der Waals surface area contributed by atoms with Gasteiger partial charge in [0.15, 0.2) is 0 Å². The number of hydrogen-bond donors (Lipinski definition) is 1. The molecule has 0 bridgehead atoms. The first-order chi connectivity index (χ1) is 11.9. The van der Waals surface area contributed by atoms with E-state index in [9.17, 15) is 0 Å². The third-order valence-electron chi connectivity index (χ3n) is 3.17. The fraction of sp³-hybridized carbons (Fsp3) is 0.368. The first-order valence-corrected chi connectivity index (χ1v) is 8.04. The van der Waals surface area contributed by atoms with Crippen molar-refractivity contribution in [3.63, 3.8) is 0 Å². The van der Waals surface area contributed by atoms with Crippen LogP contribution in [0.25, 0.3) is 0 Å². The van der Waals surface area contributed by atoms with Crippen LogP contribution in [0.5, 0.6) is 11.5 Å². The van der Waals surface area contributed by atoms with Gasteiger partial charge >= 0.3 is 0 Å². The molecule has 0 saturated heterocycles. The Bertz CT molecular complexity index is 532. The number of aliphatic hydroxyl groups excluding tert-OH is 1. The van der Waals surface area contributed by atoms with Gasteiger partial charge in [0.1, 0.15) is 30.8 Å². The van der Waals surface area contributed by atoms with Gasteiger partial charge in [-0.05, 0) is 24.3 Å². The van der Waals surface area contributed by atoms with Crippen molar-refractivity contribution in [3.05, 3.63) is 60.7 Å². The van der Waals surface area contributed by atoms with Gasteiger partial charge in [-0.15, -0.1) is 0 Å². The van der Waals surface area contributed by atoms with Crippen LogP contribution in [0, 0.1) is 0 Å².